The van der Waals surface area contributed by atoms with Crippen LogP contribution in [-0.4, -0.2) is 36.9 Å². The van der Waals surface area contributed by atoms with Gasteiger partial charge in [-0.1, -0.05) is 18.2 Å². The van der Waals surface area contributed by atoms with Gasteiger partial charge in [-0.05, 0) is 26.0 Å². The fraction of sp³-hybridized carbons (Fsp3) is 0.462. The van der Waals surface area contributed by atoms with Gasteiger partial charge in [-0.25, -0.2) is 4.79 Å². The lowest BCUT2D eigenvalue weighted by Gasteiger charge is -2.33. The molecule has 0 aromatic heterocycles. The highest BCUT2D eigenvalue weighted by atomic mass is 16.5. The van der Waals surface area contributed by atoms with Crippen LogP contribution in [0.25, 0.3) is 0 Å². The standard InChI is InChI=1S/C13H19NO3/c1-4-14(11-8-6-5-7-9-11)12(13(15)16)10(2)17-3/h5-10,12H,4H2,1-3H3,(H,15,16). The smallest absolute Gasteiger partial charge is 0.329 e. The molecular weight excluding hydrogens is 218 g/mol. The minimum Gasteiger partial charge on any atom is -0.480 e. The van der Waals surface area contributed by atoms with Crippen LogP contribution in [0.3, 0.4) is 0 Å². The Kier molecular flexibility index (Phi) is 4.97. The van der Waals surface area contributed by atoms with E-state index in [-0.39, 0.29) is 6.10 Å². The molecule has 4 nitrogen and oxygen atoms in total. The minimum absolute atomic E-state index is 0.368. The van der Waals surface area contributed by atoms with Gasteiger partial charge in [-0.15, -0.1) is 0 Å². The molecule has 0 spiro atoms. The average molecular weight is 237 g/mol. The number of rotatable bonds is 6. The number of aliphatic carboxylic acids is 1. The summed E-state index contributed by atoms with van der Waals surface area (Å²) in [6, 6.07) is 8.84. The first-order valence-corrected chi connectivity index (χ1v) is 5.69. The van der Waals surface area contributed by atoms with E-state index in [0.717, 1.165) is 5.69 Å². The number of carboxylic acid groups (broad SMARTS) is 1. The molecule has 0 heterocycles. The summed E-state index contributed by atoms with van der Waals surface area (Å²) < 4.78 is 5.16. The van der Waals surface area contributed by atoms with E-state index in [1.807, 2.05) is 42.2 Å². The molecule has 0 aliphatic heterocycles. The van der Waals surface area contributed by atoms with Gasteiger partial charge in [0.05, 0.1) is 6.10 Å². The zero-order chi connectivity index (χ0) is 12.8. The molecule has 0 saturated heterocycles. The van der Waals surface area contributed by atoms with Crippen molar-refractivity contribution in [3.8, 4) is 0 Å². The summed E-state index contributed by atoms with van der Waals surface area (Å²) in [7, 11) is 1.53. The average Bonchev–Trinajstić information content (AvgIpc) is 2.35. The van der Waals surface area contributed by atoms with Gasteiger partial charge in [0.15, 0.2) is 6.04 Å². The van der Waals surface area contributed by atoms with E-state index in [2.05, 4.69) is 0 Å². The van der Waals surface area contributed by atoms with Crippen LogP contribution >= 0.6 is 0 Å². The Morgan fingerprint density at radius 3 is 2.41 bits per heavy atom. The van der Waals surface area contributed by atoms with E-state index < -0.39 is 12.0 Å². The number of anilines is 1. The van der Waals surface area contributed by atoms with Gasteiger partial charge in [0.25, 0.3) is 0 Å². The number of likely N-dealkylation sites (N-methyl/N-ethyl adjacent to an activating group) is 1. The van der Waals surface area contributed by atoms with Crippen molar-refractivity contribution in [2.75, 3.05) is 18.6 Å². The van der Waals surface area contributed by atoms with Crippen LogP contribution in [0.2, 0.25) is 0 Å². The summed E-state index contributed by atoms with van der Waals surface area (Å²) >= 11 is 0. The highest BCUT2D eigenvalue weighted by molar-refractivity contribution is 5.79. The topological polar surface area (TPSA) is 49.8 Å². The third-order valence-corrected chi connectivity index (χ3v) is 2.83. The van der Waals surface area contributed by atoms with Crippen LogP contribution in [0.15, 0.2) is 30.3 Å². The predicted octanol–water partition coefficient (Wildman–Crippen LogP) is 2.00. The Labute approximate surface area is 102 Å². The largest absolute Gasteiger partial charge is 0.480 e. The van der Waals surface area contributed by atoms with Crippen molar-refractivity contribution in [2.45, 2.75) is 26.0 Å². The molecule has 1 aromatic rings. The molecule has 4 heteroatoms. The van der Waals surface area contributed by atoms with E-state index in [9.17, 15) is 9.90 Å². The first-order chi connectivity index (χ1) is 8.11. The molecule has 0 bridgehead atoms. The summed E-state index contributed by atoms with van der Waals surface area (Å²) in [4.78, 5) is 13.2. The lowest BCUT2D eigenvalue weighted by atomic mass is 10.1. The molecule has 0 saturated carbocycles. The van der Waals surface area contributed by atoms with Crippen molar-refractivity contribution in [3.63, 3.8) is 0 Å². The lowest BCUT2D eigenvalue weighted by molar-refractivity contribution is -0.141. The Bertz CT molecular complexity index is 353. The zero-order valence-corrected chi connectivity index (χ0v) is 10.5. The van der Waals surface area contributed by atoms with E-state index >= 15 is 0 Å². The van der Waals surface area contributed by atoms with Crippen molar-refractivity contribution >= 4 is 11.7 Å². The van der Waals surface area contributed by atoms with E-state index in [1.54, 1.807) is 6.92 Å². The Morgan fingerprint density at radius 1 is 1.41 bits per heavy atom. The van der Waals surface area contributed by atoms with Crippen molar-refractivity contribution in [1.82, 2.24) is 0 Å². The lowest BCUT2D eigenvalue weighted by Crippen LogP contribution is -2.48. The first kappa shape index (κ1) is 13.5. The van der Waals surface area contributed by atoms with Gasteiger partial charge < -0.3 is 14.7 Å². The number of hydrogen-bond donors (Lipinski definition) is 1. The number of para-hydroxylation sites is 1. The number of hydrogen-bond acceptors (Lipinski definition) is 3. The Balaban J connectivity index is 3.02. The first-order valence-electron chi connectivity index (χ1n) is 5.69. The molecule has 2 unspecified atom stereocenters. The third kappa shape index (κ3) is 3.20. The third-order valence-electron chi connectivity index (χ3n) is 2.83. The minimum atomic E-state index is -0.870. The maximum Gasteiger partial charge on any atom is 0.329 e. The quantitative estimate of drug-likeness (QED) is 0.822. The van der Waals surface area contributed by atoms with Crippen LogP contribution in [0.4, 0.5) is 5.69 Å². The number of carbonyl (C=O) groups is 1. The van der Waals surface area contributed by atoms with E-state index in [1.165, 1.54) is 7.11 Å². The molecule has 0 aliphatic carbocycles. The van der Waals surface area contributed by atoms with Gasteiger partial charge in [0, 0.05) is 19.3 Å². The molecule has 17 heavy (non-hydrogen) atoms. The van der Waals surface area contributed by atoms with Crippen molar-refractivity contribution < 1.29 is 14.6 Å². The highest BCUT2D eigenvalue weighted by Gasteiger charge is 2.30. The molecule has 0 fully saturated rings. The molecule has 0 radical (unpaired) electrons. The van der Waals surface area contributed by atoms with Gasteiger partial charge >= 0.3 is 5.97 Å². The number of carboxylic acids is 1. The molecular formula is C13H19NO3. The van der Waals surface area contributed by atoms with E-state index in [4.69, 9.17) is 4.74 Å². The van der Waals surface area contributed by atoms with Crippen LogP contribution in [0.5, 0.6) is 0 Å². The zero-order valence-electron chi connectivity index (χ0n) is 10.5. The van der Waals surface area contributed by atoms with Gasteiger partial charge in [0.2, 0.25) is 0 Å². The molecule has 94 valence electrons. The van der Waals surface area contributed by atoms with Crippen molar-refractivity contribution in [2.24, 2.45) is 0 Å². The number of methoxy groups -OCH3 is 1. The summed E-state index contributed by atoms with van der Waals surface area (Å²) in [5.41, 5.74) is 0.895. The number of ether oxygens (including phenoxy) is 1. The second-order valence-electron chi connectivity index (χ2n) is 3.85. The molecule has 1 N–H and O–H groups in total. The molecule has 0 amide bonds. The number of nitrogens with zero attached hydrogens (tertiary/aromatic N) is 1. The monoisotopic (exact) mass is 237 g/mol. The van der Waals surface area contributed by atoms with Crippen LogP contribution in [0, 0.1) is 0 Å². The second kappa shape index (κ2) is 6.25. The van der Waals surface area contributed by atoms with Crippen LogP contribution in [-0.2, 0) is 9.53 Å². The SMILES string of the molecule is CCN(c1ccccc1)C(C(=O)O)C(C)OC. The van der Waals surface area contributed by atoms with Crippen molar-refractivity contribution in [1.29, 1.82) is 0 Å². The fourth-order valence-corrected chi connectivity index (χ4v) is 1.88. The highest BCUT2D eigenvalue weighted by Crippen LogP contribution is 2.19. The van der Waals surface area contributed by atoms with E-state index in [0.29, 0.717) is 6.54 Å². The molecule has 1 rings (SSSR count). The fourth-order valence-electron chi connectivity index (χ4n) is 1.88. The number of benzene rings is 1. The van der Waals surface area contributed by atoms with Gasteiger partial charge in [0.1, 0.15) is 0 Å². The Hall–Kier alpha value is -1.55. The molecule has 2 atom stereocenters. The van der Waals surface area contributed by atoms with Crippen LogP contribution in [0.1, 0.15) is 13.8 Å². The summed E-state index contributed by atoms with van der Waals surface area (Å²) in [5, 5.41) is 9.32. The summed E-state index contributed by atoms with van der Waals surface area (Å²) in [6.45, 7) is 4.32. The molecule has 0 aliphatic rings. The summed E-state index contributed by atoms with van der Waals surface area (Å²) in [5.74, 6) is -0.870. The summed E-state index contributed by atoms with van der Waals surface area (Å²) in [6.07, 6.45) is -0.368. The second-order valence-corrected chi connectivity index (χ2v) is 3.85. The maximum absolute atomic E-state index is 11.4. The molecule has 1 aromatic carbocycles. The normalized spacial score (nSPS) is 14.1. The van der Waals surface area contributed by atoms with Gasteiger partial charge in [-0.3, -0.25) is 0 Å². The predicted molar refractivity (Wildman–Crippen MR) is 67.4 cm³/mol. The van der Waals surface area contributed by atoms with Crippen molar-refractivity contribution in [3.05, 3.63) is 30.3 Å². The Morgan fingerprint density at radius 2 is 2.00 bits per heavy atom. The maximum atomic E-state index is 11.4. The van der Waals surface area contributed by atoms with Gasteiger partial charge in [-0.2, -0.15) is 0 Å². The van der Waals surface area contributed by atoms with Crippen LogP contribution < -0.4 is 4.90 Å².